The zero-order valence-corrected chi connectivity index (χ0v) is 20.5. The van der Waals surface area contributed by atoms with Crippen LogP contribution in [0.4, 0.5) is 0 Å². The van der Waals surface area contributed by atoms with Crippen molar-refractivity contribution in [3.63, 3.8) is 0 Å². The van der Waals surface area contributed by atoms with Crippen LogP contribution in [0.25, 0.3) is 10.1 Å². The summed E-state index contributed by atoms with van der Waals surface area (Å²) in [5.41, 5.74) is -0.998. The molecule has 2 aromatic rings. The van der Waals surface area contributed by atoms with Crippen LogP contribution in [-0.4, -0.2) is 93.1 Å². The van der Waals surface area contributed by atoms with Gasteiger partial charge in [-0.25, -0.2) is 8.42 Å². The number of fused-ring (bicyclic) bond motifs is 2. The Balaban J connectivity index is 1.53. The smallest absolute Gasteiger partial charge is 0.253 e. The van der Waals surface area contributed by atoms with Crippen LogP contribution in [0, 0.1) is 0 Å². The second kappa shape index (κ2) is 7.90. The number of hydrogen-bond donors (Lipinski definition) is 1. The zero-order chi connectivity index (χ0) is 22.7. The molecule has 32 heavy (non-hydrogen) atoms. The third-order valence-corrected chi connectivity index (χ3v) is 10.9. The number of benzene rings is 1. The molecule has 8 nitrogen and oxygen atoms in total. The highest BCUT2D eigenvalue weighted by atomic mass is 35.5. The highest BCUT2D eigenvalue weighted by Crippen LogP contribution is 2.45. The number of amides is 1. The van der Waals surface area contributed by atoms with Crippen molar-refractivity contribution < 1.29 is 17.9 Å². The molecule has 174 valence electrons. The largest absolute Gasteiger partial charge is 0.381 e. The molecule has 0 radical (unpaired) electrons. The number of methoxy groups -OCH3 is 1. The second-order valence-electron chi connectivity index (χ2n) is 8.95. The van der Waals surface area contributed by atoms with Crippen LogP contribution in [0.1, 0.15) is 12.8 Å². The van der Waals surface area contributed by atoms with E-state index in [1.807, 2.05) is 18.0 Å². The predicted molar refractivity (Wildman–Crippen MR) is 125 cm³/mol. The minimum atomic E-state index is -3.86. The molecule has 3 fully saturated rings. The number of piperidine rings is 1. The van der Waals surface area contributed by atoms with Gasteiger partial charge in [0.1, 0.15) is 9.87 Å². The van der Waals surface area contributed by atoms with Crippen molar-refractivity contribution in [3.8, 4) is 0 Å². The number of ether oxygens (including phenoxy) is 1. The highest BCUT2D eigenvalue weighted by Gasteiger charge is 2.62. The molecule has 1 N–H and O–H groups in total. The van der Waals surface area contributed by atoms with E-state index in [2.05, 4.69) is 10.2 Å². The minimum Gasteiger partial charge on any atom is -0.381 e. The molecule has 1 aromatic carbocycles. The molecule has 0 saturated carbocycles. The Morgan fingerprint density at radius 1 is 1.22 bits per heavy atom. The van der Waals surface area contributed by atoms with Crippen molar-refractivity contribution in [1.82, 2.24) is 19.4 Å². The van der Waals surface area contributed by atoms with E-state index in [1.165, 1.54) is 15.6 Å². The van der Waals surface area contributed by atoms with Gasteiger partial charge < -0.3 is 15.0 Å². The van der Waals surface area contributed by atoms with Gasteiger partial charge in [-0.1, -0.05) is 17.7 Å². The lowest BCUT2D eigenvalue weighted by molar-refractivity contribution is -0.152. The van der Waals surface area contributed by atoms with Crippen LogP contribution in [-0.2, 0) is 19.6 Å². The van der Waals surface area contributed by atoms with Gasteiger partial charge in [0.15, 0.2) is 0 Å². The van der Waals surface area contributed by atoms with E-state index in [-0.39, 0.29) is 35.4 Å². The molecule has 3 aliphatic heterocycles. The van der Waals surface area contributed by atoms with Crippen LogP contribution >= 0.6 is 22.9 Å². The second-order valence-corrected chi connectivity index (χ2v) is 12.6. The first-order valence-corrected chi connectivity index (χ1v) is 13.3. The molecule has 1 unspecified atom stereocenters. The minimum absolute atomic E-state index is 0.162. The van der Waals surface area contributed by atoms with Gasteiger partial charge in [-0.05, 0) is 56.6 Å². The quantitative estimate of drug-likeness (QED) is 0.692. The Hall–Kier alpha value is -1.27. The fraction of sp³-hybridized carbons (Fsp3) is 0.571. The van der Waals surface area contributed by atoms with Gasteiger partial charge in [0.05, 0.1) is 19.7 Å². The molecule has 3 aliphatic rings. The number of carbonyl (C=O) groups excluding carboxylic acids is 1. The average Bonchev–Trinajstić information content (AvgIpc) is 3.29. The molecular weight excluding hydrogens is 472 g/mol. The van der Waals surface area contributed by atoms with Crippen molar-refractivity contribution in [2.75, 3.05) is 53.5 Å². The molecule has 1 spiro atoms. The van der Waals surface area contributed by atoms with Gasteiger partial charge in [0, 0.05) is 28.9 Å². The summed E-state index contributed by atoms with van der Waals surface area (Å²) in [5, 5.41) is 4.77. The topological polar surface area (TPSA) is 82.2 Å². The number of rotatable bonds is 4. The van der Waals surface area contributed by atoms with E-state index < -0.39 is 15.7 Å². The Labute approximate surface area is 197 Å². The number of likely N-dealkylation sites (N-methyl/N-ethyl adjacent to an activating group) is 1. The molecule has 1 atom stereocenters. The summed E-state index contributed by atoms with van der Waals surface area (Å²) in [6.45, 7) is 2.62. The number of carbonyl (C=O) groups is 1. The van der Waals surface area contributed by atoms with Gasteiger partial charge >= 0.3 is 0 Å². The van der Waals surface area contributed by atoms with Crippen LogP contribution in [0.2, 0.25) is 5.02 Å². The Bertz CT molecular complexity index is 1160. The summed E-state index contributed by atoms with van der Waals surface area (Å²) in [4.78, 5) is 17.4. The summed E-state index contributed by atoms with van der Waals surface area (Å²) in [7, 11) is -0.256. The first kappa shape index (κ1) is 22.5. The molecular formula is C21H27ClN4O4S2. The lowest BCUT2D eigenvalue weighted by Crippen LogP contribution is -2.70. The summed E-state index contributed by atoms with van der Waals surface area (Å²) < 4.78 is 35.3. The Morgan fingerprint density at radius 2 is 1.97 bits per heavy atom. The monoisotopic (exact) mass is 498 g/mol. The lowest BCUT2D eigenvalue weighted by atomic mass is 9.87. The SMILES string of the molecule is COCC12CN(S(=O)(=O)c3cc4ccc(Cl)cc4s3)CC(=O)N1CC1(CCNCC1)N2C. The summed E-state index contributed by atoms with van der Waals surface area (Å²) in [5.74, 6) is -0.178. The van der Waals surface area contributed by atoms with Gasteiger partial charge in [-0.2, -0.15) is 4.31 Å². The standard InChI is InChI=1S/C21H27ClN4O4S2/c1-24-20(5-7-23-8-6-20)12-26-18(27)11-25(13-21(24,26)14-30-2)32(28,29)19-9-15-3-4-16(22)10-17(15)31-19/h3-4,9-10,23H,5-8,11-14H2,1-2H3. The number of thiophene rings is 1. The van der Waals surface area contributed by atoms with Crippen molar-refractivity contribution in [2.24, 2.45) is 0 Å². The normalized spacial score (nSPS) is 26.8. The van der Waals surface area contributed by atoms with Crippen molar-refractivity contribution in [3.05, 3.63) is 29.3 Å². The van der Waals surface area contributed by atoms with E-state index in [0.717, 1.165) is 36.0 Å². The van der Waals surface area contributed by atoms with Gasteiger partial charge in [0.2, 0.25) is 5.91 Å². The molecule has 0 bridgehead atoms. The maximum atomic E-state index is 13.7. The molecule has 5 rings (SSSR count). The Morgan fingerprint density at radius 3 is 2.69 bits per heavy atom. The summed E-state index contributed by atoms with van der Waals surface area (Å²) in [6, 6.07) is 6.99. The fourth-order valence-corrected chi connectivity index (χ4v) is 8.76. The molecule has 11 heteroatoms. The molecule has 1 aromatic heterocycles. The Kier molecular flexibility index (Phi) is 5.56. The molecule has 3 saturated heterocycles. The molecule has 0 aliphatic carbocycles. The first-order chi connectivity index (χ1) is 15.2. The first-order valence-electron chi connectivity index (χ1n) is 10.7. The van der Waals surface area contributed by atoms with Gasteiger partial charge in [-0.15, -0.1) is 11.3 Å². The van der Waals surface area contributed by atoms with E-state index in [9.17, 15) is 13.2 Å². The van der Waals surface area contributed by atoms with Crippen molar-refractivity contribution >= 4 is 49.0 Å². The lowest BCUT2D eigenvalue weighted by Gasteiger charge is -2.50. The number of nitrogens with one attached hydrogen (secondary N) is 1. The maximum Gasteiger partial charge on any atom is 0.253 e. The molecule has 4 heterocycles. The average molecular weight is 499 g/mol. The van der Waals surface area contributed by atoms with E-state index in [4.69, 9.17) is 16.3 Å². The van der Waals surface area contributed by atoms with Crippen LogP contribution in [0.3, 0.4) is 0 Å². The number of piperazine rings is 1. The summed E-state index contributed by atoms with van der Waals surface area (Å²) in [6.07, 6.45) is 1.81. The highest BCUT2D eigenvalue weighted by molar-refractivity contribution is 7.91. The van der Waals surface area contributed by atoms with Crippen molar-refractivity contribution in [2.45, 2.75) is 28.3 Å². The van der Waals surface area contributed by atoms with Crippen LogP contribution in [0.5, 0.6) is 0 Å². The van der Waals surface area contributed by atoms with Crippen LogP contribution in [0.15, 0.2) is 28.5 Å². The van der Waals surface area contributed by atoms with Gasteiger partial charge in [-0.3, -0.25) is 9.69 Å². The van der Waals surface area contributed by atoms with Crippen LogP contribution < -0.4 is 5.32 Å². The number of hydrogen-bond acceptors (Lipinski definition) is 7. The van der Waals surface area contributed by atoms with E-state index in [1.54, 1.807) is 25.3 Å². The number of nitrogens with zero attached hydrogens (tertiary/aromatic N) is 3. The third-order valence-electron chi connectivity index (χ3n) is 7.30. The van der Waals surface area contributed by atoms with Gasteiger partial charge in [0.25, 0.3) is 10.0 Å². The zero-order valence-electron chi connectivity index (χ0n) is 18.1. The third kappa shape index (κ3) is 3.31. The number of sulfonamides is 1. The van der Waals surface area contributed by atoms with Crippen molar-refractivity contribution in [1.29, 1.82) is 0 Å². The van der Waals surface area contributed by atoms with E-state index >= 15 is 0 Å². The maximum absolute atomic E-state index is 13.7. The van der Waals surface area contributed by atoms with E-state index in [0.29, 0.717) is 11.6 Å². The summed E-state index contributed by atoms with van der Waals surface area (Å²) >= 11 is 7.26. The molecule has 1 amide bonds. The fourth-order valence-electron chi connectivity index (χ4n) is 5.50. The number of halogens is 1. The predicted octanol–water partition coefficient (Wildman–Crippen LogP) is 1.80.